The van der Waals surface area contributed by atoms with Gasteiger partial charge in [-0.3, -0.25) is 4.79 Å². The van der Waals surface area contributed by atoms with Crippen molar-refractivity contribution in [2.75, 3.05) is 0 Å². The van der Waals surface area contributed by atoms with Crippen molar-refractivity contribution >= 4 is 5.97 Å². The third kappa shape index (κ3) is 11.6. The molecule has 0 aliphatic rings. The number of unbranched alkanes of at least 4 members (excludes halogenated alkanes) is 2. The van der Waals surface area contributed by atoms with Gasteiger partial charge in [-0.1, -0.05) is 19.8 Å². The van der Waals surface area contributed by atoms with E-state index in [1.54, 1.807) is 0 Å². The number of rotatable bonds is 4. The number of carboxylic acid groups (broad SMARTS) is 1. The van der Waals surface area contributed by atoms with Crippen molar-refractivity contribution in [2.45, 2.75) is 32.6 Å². The molecule has 0 aliphatic heterocycles. The smallest absolute Gasteiger partial charge is 1.00 e. The van der Waals surface area contributed by atoms with Crippen molar-refractivity contribution in [1.82, 2.24) is 0 Å². The van der Waals surface area contributed by atoms with Crippen LogP contribution in [-0.4, -0.2) is 11.1 Å². The van der Waals surface area contributed by atoms with Crippen LogP contribution in [-0.2, 0) is 4.79 Å². The molecule has 0 unspecified atom stereocenters. The first-order valence-corrected chi connectivity index (χ1v) is 2.99. The van der Waals surface area contributed by atoms with Gasteiger partial charge in [0.1, 0.15) is 0 Å². The second kappa shape index (κ2) is 8.07. The normalized spacial score (nSPS) is 8.11. The minimum atomic E-state index is -0.682. The first-order valence-electron chi connectivity index (χ1n) is 2.99. The molecule has 50 valence electrons. The maximum Gasteiger partial charge on any atom is 1.00 e. The van der Waals surface area contributed by atoms with Gasteiger partial charge in [0.25, 0.3) is 0 Å². The van der Waals surface area contributed by atoms with Gasteiger partial charge in [-0.25, -0.2) is 0 Å². The molecule has 0 fully saturated rings. The summed E-state index contributed by atoms with van der Waals surface area (Å²) in [5, 5.41) is 8.14. The summed E-state index contributed by atoms with van der Waals surface area (Å²) in [5.41, 5.74) is 0. The third-order valence-electron chi connectivity index (χ3n) is 0.994. The van der Waals surface area contributed by atoms with E-state index in [1.807, 2.05) is 0 Å². The maximum atomic E-state index is 9.87. The number of hydrogen-bond acceptors (Lipinski definition) is 1. The van der Waals surface area contributed by atoms with Crippen LogP contribution >= 0.6 is 0 Å². The molecule has 0 aromatic rings. The fourth-order valence-electron chi connectivity index (χ4n) is 0.526. The van der Waals surface area contributed by atoms with Gasteiger partial charge in [0.2, 0.25) is 0 Å². The number of aliphatic carboxylic acids is 1. The molecule has 3 heteroatoms. The summed E-state index contributed by atoms with van der Waals surface area (Å²) in [4.78, 5) is 9.87. The van der Waals surface area contributed by atoms with Crippen LogP contribution in [0.4, 0.5) is 0 Å². The summed E-state index contributed by atoms with van der Waals surface area (Å²) in [6, 6.07) is 0. The molecule has 0 amide bonds. The molecule has 0 aromatic heterocycles. The zero-order valence-corrected chi connectivity index (χ0v) is 6.18. The van der Waals surface area contributed by atoms with Crippen LogP contribution in [0.1, 0.15) is 34.0 Å². The largest absolute Gasteiger partial charge is 1.00 e. The maximum absolute atomic E-state index is 9.87. The van der Waals surface area contributed by atoms with E-state index in [2.05, 4.69) is 6.92 Å². The first kappa shape index (κ1) is 11.8. The Balaban J connectivity index is -0.000000245. The van der Waals surface area contributed by atoms with E-state index < -0.39 is 5.97 Å². The van der Waals surface area contributed by atoms with Crippen molar-refractivity contribution in [3.63, 3.8) is 0 Å². The Morgan fingerprint density at radius 1 is 1.56 bits per heavy atom. The average Bonchev–Trinajstić information content (AvgIpc) is 1.66. The van der Waals surface area contributed by atoms with Gasteiger partial charge in [-0.15, -0.1) is 0 Å². The van der Waals surface area contributed by atoms with E-state index in [1.165, 1.54) is 0 Å². The predicted octanol–water partition coefficient (Wildman–Crippen LogP) is -1.23. The molecule has 0 heterocycles. The van der Waals surface area contributed by atoms with Gasteiger partial charge in [0, 0.05) is 6.42 Å². The SMILES string of the molecule is CCCCCC(=O)O.[H-].[Li+]. The fraction of sp³-hybridized carbons (Fsp3) is 0.833. The molecule has 0 aromatic carbocycles. The molecule has 0 aliphatic carbocycles. The number of carbonyl (C=O) groups is 1. The van der Waals surface area contributed by atoms with Crippen LogP contribution < -0.4 is 18.9 Å². The van der Waals surface area contributed by atoms with Gasteiger partial charge in [-0.2, -0.15) is 0 Å². The van der Waals surface area contributed by atoms with Crippen LogP contribution in [0.3, 0.4) is 0 Å². The van der Waals surface area contributed by atoms with Crippen LogP contribution in [0.25, 0.3) is 0 Å². The Bertz CT molecular complexity index is 78.1. The van der Waals surface area contributed by atoms with E-state index in [9.17, 15) is 4.79 Å². The summed E-state index contributed by atoms with van der Waals surface area (Å²) in [6.45, 7) is 2.06. The standard InChI is InChI=1S/C6H12O2.Li.H/c1-2-3-4-5-6(7)8;;/h2-5H2,1H3,(H,7,8);;/q;+1;-1. The summed E-state index contributed by atoms with van der Waals surface area (Å²) >= 11 is 0. The third-order valence-corrected chi connectivity index (χ3v) is 0.994. The van der Waals surface area contributed by atoms with Crippen LogP contribution in [0.15, 0.2) is 0 Å². The second-order valence-electron chi connectivity index (χ2n) is 1.85. The Hall–Kier alpha value is 0.0674. The number of hydrogen-bond donors (Lipinski definition) is 1. The van der Waals surface area contributed by atoms with E-state index in [0.29, 0.717) is 6.42 Å². The Kier molecular flexibility index (Phi) is 10.6. The van der Waals surface area contributed by atoms with Crippen LogP contribution in [0.5, 0.6) is 0 Å². The van der Waals surface area contributed by atoms with Gasteiger partial charge < -0.3 is 6.53 Å². The average molecular weight is 124 g/mol. The molecule has 0 saturated carbocycles. The molecule has 0 spiro atoms. The second-order valence-corrected chi connectivity index (χ2v) is 1.85. The summed E-state index contributed by atoms with van der Waals surface area (Å²) < 4.78 is 0. The van der Waals surface area contributed by atoms with E-state index in [0.717, 1.165) is 19.3 Å². The molecule has 0 rings (SSSR count). The van der Waals surface area contributed by atoms with Gasteiger partial charge in [-0.05, 0) is 6.42 Å². The van der Waals surface area contributed by atoms with E-state index in [-0.39, 0.29) is 20.3 Å². The molecule has 0 radical (unpaired) electrons. The summed E-state index contributed by atoms with van der Waals surface area (Å²) in [6.07, 6.45) is 3.28. The van der Waals surface area contributed by atoms with Crippen molar-refractivity contribution in [1.29, 1.82) is 0 Å². The molecular weight excluding hydrogens is 111 g/mol. The Morgan fingerprint density at radius 2 is 2.11 bits per heavy atom. The fourth-order valence-corrected chi connectivity index (χ4v) is 0.526. The van der Waals surface area contributed by atoms with Crippen molar-refractivity contribution in [3.05, 3.63) is 0 Å². The minimum absolute atomic E-state index is 0. The molecular formula is C6H13LiO2. The van der Waals surface area contributed by atoms with Crippen LogP contribution in [0.2, 0.25) is 0 Å². The van der Waals surface area contributed by atoms with Gasteiger partial charge in [0.05, 0.1) is 0 Å². The molecule has 9 heavy (non-hydrogen) atoms. The topological polar surface area (TPSA) is 37.3 Å². The van der Waals surface area contributed by atoms with Crippen molar-refractivity contribution in [3.8, 4) is 0 Å². The summed E-state index contributed by atoms with van der Waals surface area (Å²) in [5.74, 6) is -0.682. The first-order chi connectivity index (χ1) is 3.77. The van der Waals surface area contributed by atoms with Crippen molar-refractivity contribution in [2.24, 2.45) is 0 Å². The van der Waals surface area contributed by atoms with Gasteiger partial charge in [0.15, 0.2) is 0 Å². The zero-order chi connectivity index (χ0) is 6.41. The Labute approximate surface area is 69.3 Å². The summed E-state index contributed by atoms with van der Waals surface area (Å²) in [7, 11) is 0. The molecule has 1 N–H and O–H groups in total. The van der Waals surface area contributed by atoms with E-state index in [4.69, 9.17) is 5.11 Å². The predicted molar refractivity (Wildman–Crippen MR) is 32.9 cm³/mol. The quantitative estimate of drug-likeness (QED) is 0.376. The molecule has 0 atom stereocenters. The Morgan fingerprint density at radius 3 is 2.44 bits per heavy atom. The number of carboxylic acids is 1. The van der Waals surface area contributed by atoms with Gasteiger partial charge >= 0.3 is 24.8 Å². The van der Waals surface area contributed by atoms with Crippen molar-refractivity contribution < 1.29 is 30.2 Å². The zero-order valence-electron chi connectivity index (χ0n) is 7.18. The minimum Gasteiger partial charge on any atom is -1.00 e. The molecule has 2 nitrogen and oxygen atoms in total. The van der Waals surface area contributed by atoms with Crippen LogP contribution in [0, 0.1) is 0 Å². The monoisotopic (exact) mass is 124 g/mol. The molecule has 0 saturated heterocycles. The van der Waals surface area contributed by atoms with E-state index >= 15 is 0 Å². The molecule has 0 bridgehead atoms.